The minimum Gasteiger partial charge on any atom is -0.464 e. The number of benzene rings is 1. The van der Waals surface area contributed by atoms with E-state index < -0.39 is 0 Å². The van der Waals surface area contributed by atoms with Gasteiger partial charge in [0.2, 0.25) is 0 Å². The fourth-order valence-electron chi connectivity index (χ4n) is 1.77. The Bertz CT molecular complexity index is 608. The first kappa shape index (κ1) is 10.5. The highest BCUT2D eigenvalue weighted by Gasteiger charge is 2.07. The first-order valence-electron chi connectivity index (χ1n) is 5.47. The van der Waals surface area contributed by atoms with E-state index in [2.05, 4.69) is 11.1 Å². The van der Waals surface area contributed by atoms with Crippen LogP contribution in [0.4, 0.5) is 0 Å². The first-order chi connectivity index (χ1) is 8.35. The molecule has 0 aliphatic rings. The maximum Gasteiger partial charge on any atom is 0.117 e. The average Bonchev–Trinajstić information content (AvgIpc) is 2.94. The third-order valence-electron chi connectivity index (χ3n) is 2.58. The number of thiazole rings is 1. The molecule has 4 heteroatoms. The molecule has 3 aromatic rings. The minimum absolute atomic E-state index is 0.444. The fourth-order valence-corrected chi connectivity index (χ4v) is 2.75. The molecule has 0 unspecified atom stereocenters. The van der Waals surface area contributed by atoms with E-state index in [0.717, 1.165) is 28.5 Å². The van der Waals surface area contributed by atoms with Gasteiger partial charge in [0, 0.05) is 0 Å². The van der Waals surface area contributed by atoms with Crippen molar-refractivity contribution in [3.63, 3.8) is 0 Å². The summed E-state index contributed by atoms with van der Waals surface area (Å²) in [5.41, 5.74) is 6.56. The number of furan rings is 1. The van der Waals surface area contributed by atoms with Gasteiger partial charge in [0.15, 0.2) is 0 Å². The van der Waals surface area contributed by atoms with E-state index >= 15 is 0 Å². The van der Waals surface area contributed by atoms with Gasteiger partial charge in [-0.1, -0.05) is 12.1 Å². The van der Waals surface area contributed by atoms with Crippen molar-refractivity contribution in [2.75, 3.05) is 0 Å². The zero-order valence-corrected chi connectivity index (χ0v) is 10.0. The molecule has 2 aromatic heterocycles. The van der Waals surface area contributed by atoms with Gasteiger partial charge >= 0.3 is 0 Å². The van der Waals surface area contributed by atoms with E-state index in [9.17, 15) is 0 Å². The smallest absolute Gasteiger partial charge is 0.117 e. The summed E-state index contributed by atoms with van der Waals surface area (Å²) in [5.74, 6) is 1.74. The SMILES string of the molecule is NCc1ccc(Cc2nc3ccccc3s2)o1. The minimum atomic E-state index is 0.444. The Morgan fingerprint density at radius 2 is 1.94 bits per heavy atom. The van der Waals surface area contributed by atoms with E-state index in [1.165, 1.54) is 4.70 Å². The van der Waals surface area contributed by atoms with Crippen LogP contribution in [0.1, 0.15) is 16.5 Å². The van der Waals surface area contributed by atoms with Crippen molar-refractivity contribution in [3.05, 3.63) is 52.9 Å². The van der Waals surface area contributed by atoms with E-state index in [4.69, 9.17) is 10.2 Å². The molecule has 0 atom stereocenters. The molecule has 0 saturated heterocycles. The van der Waals surface area contributed by atoms with Crippen LogP contribution in [0.2, 0.25) is 0 Å². The zero-order chi connectivity index (χ0) is 11.7. The van der Waals surface area contributed by atoms with Gasteiger partial charge in [0.1, 0.15) is 16.5 Å². The second-order valence-electron chi connectivity index (χ2n) is 3.82. The molecule has 0 amide bonds. The summed E-state index contributed by atoms with van der Waals surface area (Å²) in [6.07, 6.45) is 0.735. The molecule has 0 radical (unpaired) electrons. The largest absolute Gasteiger partial charge is 0.464 e. The third kappa shape index (κ3) is 2.09. The number of rotatable bonds is 3. The monoisotopic (exact) mass is 244 g/mol. The topological polar surface area (TPSA) is 52.0 Å². The third-order valence-corrected chi connectivity index (χ3v) is 3.62. The molecule has 2 heterocycles. The zero-order valence-electron chi connectivity index (χ0n) is 9.22. The van der Waals surface area contributed by atoms with Crippen molar-refractivity contribution < 1.29 is 4.42 Å². The van der Waals surface area contributed by atoms with Gasteiger partial charge < -0.3 is 10.2 Å². The van der Waals surface area contributed by atoms with Gasteiger partial charge in [-0.2, -0.15) is 0 Å². The van der Waals surface area contributed by atoms with E-state index in [0.29, 0.717) is 6.54 Å². The number of hydrogen-bond acceptors (Lipinski definition) is 4. The lowest BCUT2D eigenvalue weighted by atomic mass is 10.3. The number of nitrogens with zero attached hydrogens (tertiary/aromatic N) is 1. The Hall–Kier alpha value is -1.65. The molecule has 0 spiro atoms. The summed E-state index contributed by atoms with van der Waals surface area (Å²) in [4.78, 5) is 4.57. The molecule has 86 valence electrons. The van der Waals surface area contributed by atoms with Gasteiger partial charge in [-0.25, -0.2) is 4.98 Å². The molecule has 3 nitrogen and oxygen atoms in total. The maximum atomic E-state index is 5.57. The van der Waals surface area contributed by atoms with Crippen LogP contribution in [0, 0.1) is 0 Å². The lowest BCUT2D eigenvalue weighted by molar-refractivity contribution is 0.475. The Balaban J connectivity index is 1.89. The summed E-state index contributed by atoms with van der Waals surface area (Å²) in [6.45, 7) is 0.444. The predicted octanol–water partition coefficient (Wildman–Crippen LogP) is 2.94. The van der Waals surface area contributed by atoms with Crippen LogP contribution in [0.3, 0.4) is 0 Å². The molecule has 0 fully saturated rings. The fraction of sp³-hybridized carbons (Fsp3) is 0.154. The number of nitrogens with two attached hydrogens (primary N) is 1. The van der Waals surface area contributed by atoms with Crippen LogP contribution in [0.5, 0.6) is 0 Å². The quantitative estimate of drug-likeness (QED) is 0.770. The van der Waals surface area contributed by atoms with Crippen molar-refractivity contribution in [2.24, 2.45) is 5.73 Å². The summed E-state index contributed by atoms with van der Waals surface area (Å²) < 4.78 is 6.79. The van der Waals surface area contributed by atoms with Crippen molar-refractivity contribution in [1.82, 2.24) is 4.98 Å². The van der Waals surface area contributed by atoms with Crippen LogP contribution < -0.4 is 5.73 Å². The van der Waals surface area contributed by atoms with Gasteiger partial charge in [-0.15, -0.1) is 11.3 Å². The molecule has 3 rings (SSSR count). The molecule has 0 aliphatic carbocycles. The van der Waals surface area contributed by atoms with Crippen molar-refractivity contribution in [2.45, 2.75) is 13.0 Å². The molecule has 17 heavy (non-hydrogen) atoms. The highest BCUT2D eigenvalue weighted by Crippen LogP contribution is 2.24. The van der Waals surface area contributed by atoms with Crippen LogP contribution in [0.15, 0.2) is 40.8 Å². The van der Waals surface area contributed by atoms with Crippen molar-refractivity contribution >= 4 is 21.6 Å². The average molecular weight is 244 g/mol. The number of para-hydroxylation sites is 1. The van der Waals surface area contributed by atoms with Crippen molar-refractivity contribution in [3.8, 4) is 0 Å². The van der Waals surface area contributed by atoms with Crippen LogP contribution in [0.25, 0.3) is 10.2 Å². The Morgan fingerprint density at radius 1 is 1.12 bits per heavy atom. The summed E-state index contributed by atoms with van der Waals surface area (Å²) in [5, 5.41) is 1.07. The number of aromatic nitrogens is 1. The van der Waals surface area contributed by atoms with E-state index in [1.54, 1.807) is 11.3 Å². The van der Waals surface area contributed by atoms with Gasteiger partial charge in [0.25, 0.3) is 0 Å². The molecule has 0 aliphatic heterocycles. The van der Waals surface area contributed by atoms with Crippen LogP contribution in [-0.4, -0.2) is 4.98 Å². The number of fused-ring (bicyclic) bond motifs is 1. The Kier molecular flexibility index (Phi) is 2.66. The number of hydrogen-bond donors (Lipinski definition) is 1. The lowest BCUT2D eigenvalue weighted by Crippen LogP contribution is -1.93. The second-order valence-corrected chi connectivity index (χ2v) is 4.94. The molecular formula is C13H12N2OS. The van der Waals surface area contributed by atoms with Gasteiger partial charge in [-0.3, -0.25) is 0 Å². The van der Waals surface area contributed by atoms with E-state index in [1.807, 2.05) is 30.3 Å². The van der Waals surface area contributed by atoms with Crippen LogP contribution in [-0.2, 0) is 13.0 Å². The van der Waals surface area contributed by atoms with Gasteiger partial charge in [-0.05, 0) is 24.3 Å². The highest BCUT2D eigenvalue weighted by molar-refractivity contribution is 7.18. The summed E-state index contributed by atoms with van der Waals surface area (Å²) in [6, 6.07) is 12.0. The second kappa shape index (κ2) is 4.31. The van der Waals surface area contributed by atoms with E-state index in [-0.39, 0.29) is 0 Å². The normalized spacial score (nSPS) is 11.1. The Labute approximate surface area is 103 Å². The molecule has 0 bridgehead atoms. The summed E-state index contributed by atoms with van der Waals surface area (Å²) >= 11 is 1.71. The van der Waals surface area contributed by atoms with Crippen molar-refractivity contribution in [1.29, 1.82) is 0 Å². The van der Waals surface area contributed by atoms with Gasteiger partial charge in [0.05, 0.1) is 23.2 Å². The summed E-state index contributed by atoms with van der Waals surface area (Å²) in [7, 11) is 0. The molecule has 2 N–H and O–H groups in total. The molecular weight excluding hydrogens is 232 g/mol. The first-order valence-corrected chi connectivity index (χ1v) is 6.29. The lowest BCUT2D eigenvalue weighted by Gasteiger charge is -1.91. The highest BCUT2D eigenvalue weighted by atomic mass is 32.1. The predicted molar refractivity (Wildman–Crippen MR) is 69.0 cm³/mol. The maximum absolute atomic E-state index is 5.57. The van der Waals surface area contributed by atoms with Crippen LogP contribution >= 0.6 is 11.3 Å². The Morgan fingerprint density at radius 3 is 2.71 bits per heavy atom. The standard InChI is InChI=1S/C13H12N2OS/c14-8-10-6-5-9(16-10)7-13-15-11-3-1-2-4-12(11)17-13/h1-6H,7-8,14H2. The molecule has 0 saturated carbocycles. The molecule has 1 aromatic carbocycles.